The van der Waals surface area contributed by atoms with Gasteiger partial charge >= 0.3 is 0 Å². The van der Waals surface area contributed by atoms with Gasteiger partial charge in [-0.25, -0.2) is 0 Å². The Balaban J connectivity index is 2.45. The molecule has 0 spiro atoms. The Hall–Kier alpha value is -0.160. The van der Waals surface area contributed by atoms with Crippen molar-refractivity contribution in [3.05, 3.63) is 0 Å². The van der Waals surface area contributed by atoms with Crippen molar-refractivity contribution in [1.29, 1.82) is 0 Å². The van der Waals surface area contributed by atoms with Crippen molar-refractivity contribution in [3.63, 3.8) is 0 Å². The van der Waals surface area contributed by atoms with Crippen molar-refractivity contribution in [3.8, 4) is 0 Å². The highest BCUT2D eigenvalue weighted by Gasteiger charge is 2.32. The molecule has 0 aromatic rings. The fourth-order valence-electron chi connectivity index (χ4n) is 1.17. The first-order valence-electron chi connectivity index (χ1n) is 3.38. The molecule has 4 N–H and O–H groups in total. The molecule has 10 heavy (non-hydrogen) atoms. The van der Waals surface area contributed by atoms with Crippen LogP contribution >= 0.6 is 0 Å². The summed E-state index contributed by atoms with van der Waals surface area (Å²) in [5, 5.41) is 29.9. The third-order valence-electron chi connectivity index (χ3n) is 1.74. The molecule has 4 nitrogen and oxygen atoms in total. The van der Waals surface area contributed by atoms with Crippen molar-refractivity contribution < 1.29 is 15.3 Å². The van der Waals surface area contributed by atoms with E-state index in [1.165, 1.54) is 0 Å². The molecule has 0 saturated carbocycles. The molecule has 0 radical (unpaired) electrons. The second-order valence-corrected chi connectivity index (χ2v) is 2.87. The van der Waals surface area contributed by atoms with Crippen molar-refractivity contribution in [2.45, 2.75) is 18.1 Å². The molecule has 2 atom stereocenters. The first-order valence-corrected chi connectivity index (χ1v) is 3.38. The fraction of sp³-hybridized carbons (Fsp3) is 1.00. The minimum Gasteiger partial charge on any atom is -0.393 e. The van der Waals surface area contributed by atoms with Crippen LogP contribution < -0.4 is 5.32 Å². The zero-order valence-electron chi connectivity index (χ0n) is 5.75. The van der Waals surface area contributed by atoms with Gasteiger partial charge in [0.2, 0.25) is 0 Å². The van der Waals surface area contributed by atoms with Crippen LogP contribution in [0.15, 0.2) is 0 Å². The van der Waals surface area contributed by atoms with E-state index in [1.807, 2.05) is 0 Å². The highest BCUT2D eigenvalue weighted by atomic mass is 16.3. The minimum absolute atomic E-state index is 0.260. The van der Waals surface area contributed by atoms with Gasteiger partial charge in [-0.05, 0) is 0 Å². The van der Waals surface area contributed by atoms with Gasteiger partial charge in [0.15, 0.2) is 0 Å². The lowest BCUT2D eigenvalue weighted by atomic mass is 9.93. The number of nitrogens with one attached hydrogen (secondary N) is 1. The summed E-state index contributed by atoms with van der Waals surface area (Å²) in [6, 6.07) is 0. The molecule has 0 aromatic carbocycles. The molecule has 1 aliphatic rings. The first kappa shape index (κ1) is 7.94. The quantitative estimate of drug-likeness (QED) is 0.348. The Morgan fingerprint density at radius 3 is 2.70 bits per heavy atom. The fourth-order valence-corrected chi connectivity index (χ4v) is 1.17. The second-order valence-electron chi connectivity index (χ2n) is 2.87. The number of aliphatic hydroxyl groups is 3. The van der Waals surface area contributed by atoms with Gasteiger partial charge in [0.05, 0.1) is 12.7 Å². The predicted molar refractivity (Wildman–Crippen MR) is 35.5 cm³/mol. The predicted octanol–water partition coefficient (Wildman–Crippen LogP) is -1.94. The van der Waals surface area contributed by atoms with E-state index < -0.39 is 11.7 Å². The molecular weight excluding hydrogens is 134 g/mol. The number of β-amino-alcohol motifs (C(OH)–C–C–N with tert-alkyl or cyclic N) is 2. The maximum atomic E-state index is 9.38. The number of rotatable bonds is 1. The van der Waals surface area contributed by atoms with Crippen molar-refractivity contribution >= 4 is 0 Å². The third kappa shape index (κ3) is 1.67. The molecule has 1 fully saturated rings. The van der Waals surface area contributed by atoms with E-state index in [4.69, 9.17) is 10.2 Å². The smallest absolute Gasteiger partial charge is 0.103 e. The molecule has 4 heteroatoms. The van der Waals surface area contributed by atoms with Gasteiger partial charge in [-0.15, -0.1) is 0 Å². The second kappa shape index (κ2) is 2.84. The molecule has 1 rings (SSSR count). The Kier molecular flexibility index (Phi) is 2.25. The van der Waals surface area contributed by atoms with Gasteiger partial charge in [-0.3, -0.25) is 0 Å². The Morgan fingerprint density at radius 2 is 2.30 bits per heavy atom. The molecule has 1 saturated heterocycles. The summed E-state index contributed by atoms with van der Waals surface area (Å²) >= 11 is 0. The lowest BCUT2D eigenvalue weighted by molar-refractivity contribution is -0.0660. The molecular formula is C6H13NO3. The SMILES string of the molecule is OC[C@]1(O)CNC[C@@H](O)C1. The van der Waals surface area contributed by atoms with E-state index in [1.54, 1.807) is 0 Å². The summed E-state index contributed by atoms with van der Waals surface area (Å²) in [6.07, 6.45) is -0.276. The van der Waals surface area contributed by atoms with Crippen LogP contribution in [0.1, 0.15) is 6.42 Å². The van der Waals surface area contributed by atoms with Crippen LogP contribution in [0, 0.1) is 0 Å². The summed E-state index contributed by atoms with van der Waals surface area (Å²) in [5.41, 5.74) is -1.11. The van der Waals surface area contributed by atoms with Gasteiger partial charge in [-0.1, -0.05) is 0 Å². The summed E-state index contributed by atoms with van der Waals surface area (Å²) in [5.74, 6) is 0. The number of hydrogen-bond donors (Lipinski definition) is 4. The van der Waals surface area contributed by atoms with E-state index in [-0.39, 0.29) is 13.0 Å². The molecule has 0 aliphatic carbocycles. The van der Waals surface area contributed by atoms with E-state index >= 15 is 0 Å². The van der Waals surface area contributed by atoms with Crippen LogP contribution in [0.4, 0.5) is 0 Å². The van der Waals surface area contributed by atoms with E-state index in [9.17, 15) is 5.11 Å². The first-order chi connectivity index (χ1) is 4.66. The lowest BCUT2D eigenvalue weighted by Crippen LogP contribution is -2.53. The van der Waals surface area contributed by atoms with E-state index in [2.05, 4.69) is 5.32 Å². The minimum atomic E-state index is -1.11. The Labute approximate surface area is 59.5 Å². The van der Waals surface area contributed by atoms with E-state index in [0.29, 0.717) is 13.1 Å². The van der Waals surface area contributed by atoms with Crippen LogP contribution in [-0.2, 0) is 0 Å². The highest BCUT2D eigenvalue weighted by molar-refractivity contribution is 4.88. The van der Waals surface area contributed by atoms with Crippen LogP contribution in [0.25, 0.3) is 0 Å². The summed E-state index contributed by atoms with van der Waals surface area (Å²) in [6.45, 7) is 0.569. The van der Waals surface area contributed by atoms with Crippen LogP contribution in [0.3, 0.4) is 0 Å². The van der Waals surface area contributed by atoms with Crippen molar-refractivity contribution in [2.75, 3.05) is 19.7 Å². The number of hydrogen-bond acceptors (Lipinski definition) is 4. The van der Waals surface area contributed by atoms with Crippen LogP contribution in [-0.4, -0.2) is 46.7 Å². The largest absolute Gasteiger partial charge is 0.393 e. The summed E-state index contributed by atoms with van der Waals surface area (Å²) in [4.78, 5) is 0. The monoisotopic (exact) mass is 147 g/mol. The standard InChI is InChI=1S/C6H13NO3/c8-4-6(10)1-5(9)2-7-3-6/h5,7-10H,1-4H2/t5-,6+/m0/s1. The summed E-state index contributed by atoms with van der Waals surface area (Å²) in [7, 11) is 0. The van der Waals surface area contributed by atoms with Gasteiger partial charge in [0.1, 0.15) is 5.60 Å². The van der Waals surface area contributed by atoms with Gasteiger partial charge in [-0.2, -0.15) is 0 Å². The van der Waals surface area contributed by atoms with Crippen molar-refractivity contribution in [2.24, 2.45) is 0 Å². The molecule has 0 amide bonds. The van der Waals surface area contributed by atoms with Crippen LogP contribution in [0.5, 0.6) is 0 Å². The molecule has 60 valence electrons. The molecule has 0 aromatic heterocycles. The van der Waals surface area contributed by atoms with Gasteiger partial charge in [0, 0.05) is 19.5 Å². The molecule has 1 heterocycles. The normalized spacial score (nSPS) is 41.7. The average molecular weight is 147 g/mol. The molecule has 0 bridgehead atoms. The van der Waals surface area contributed by atoms with Gasteiger partial charge < -0.3 is 20.6 Å². The zero-order chi connectivity index (χ0) is 7.61. The van der Waals surface area contributed by atoms with E-state index in [0.717, 1.165) is 0 Å². The Bertz CT molecular complexity index is 120. The van der Waals surface area contributed by atoms with Crippen LogP contribution in [0.2, 0.25) is 0 Å². The third-order valence-corrected chi connectivity index (χ3v) is 1.74. The lowest BCUT2D eigenvalue weighted by Gasteiger charge is -2.33. The average Bonchev–Trinajstić information content (AvgIpc) is 1.88. The number of aliphatic hydroxyl groups excluding tert-OH is 2. The summed E-state index contributed by atoms with van der Waals surface area (Å²) < 4.78 is 0. The zero-order valence-corrected chi connectivity index (χ0v) is 5.75. The molecule has 1 aliphatic heterocycles. The van der Waals surface area contributed by atoms with Crippen molar-refractivity contribution in [1.82, 2.24) is 5.32 Å². The van der Waals surface area contributed by atoms with Gasteiger partial charge in [0.25, 0.3) is 0 Å². The Morgan fingerprint density at radius 1 is 1.60 bits per heavy atom. The highest BCUT2D eigenvalue weighted by Crippen LogP contribution is 2.14. The maximum Gasteiger partial charge on any atom is 0.103 e. The maximum absolute atomic E-state index is 9.38. The number of piperidine rings is 1. The molecule has 0 unspecified atom stereocenters. The topological polar surface area (TPSA) is 72.7 Å².